The van der Waals surface area contributed by atoms with Gasteiger partial charge in [0.25, 0.3) is 0 Å². The lowest BCUT2D eigenvalue weighted by Crippen LogP contribution is -2.38. The fraction of sp³-hybridized carbons (Fsp3) is 0.450. The van der Waals surface area contributed by atoms with Gasteiger partial charge in [-0.3, -0.25) is 9.59 Å². The zero-order valence-electron chi connectivity index (χ0n) is 15.3. The number of aromatic nitrogens is 1. The number of fused-ring (bicyclic) bond motifs is 1. The number of nitrogens with one attached hydrogen (secondary N) is 1. The van der Waals surface area contributed by atoms with Gasteiger partial charge in [0, 0.05) is 36.5 Å². The Labute approximate surface area is 158 Å². The lowest BCUT2D eigenvalue weighted by atomic mass is 10.0. The molecule has 0 bridgehead atoms. The van der Waals surface area contributed by atoms with Crippen LogP contribution < -0.4 is 10.2 Å². The van der Waals surface area contributed by atoms with E-state index in [0.717, 1.165) is 35.8 Å². The maximum absolute atomic E-state index is 12.5. The molecule has 1 N–H and O–H groups in total. The molecule has 0 atom stereocenters. The summed E-state index contributed by atoms with van der Waals surface area (Å²) >= 11 is 1.59. The van der Waals surface area contributed by atoms with E-state index in [1.807, 2.05) is 28.5 Å². The summed E-state index contributed by atoms with van der Waals surface area (Å²) in [5.41, 5.74) is 3.03. The third kappa shape index (κ3) is 4.49. The molecule has 0 unspecified atom stereocenters. The van der Waals surface area contributed by atoms with Gasteiger partial charge in [-0.2, -0.15) is 0 Å². The van der Waals surface area contributed by atoms with E-state index in [9.17, 15) is 9.59 Å². The molecule has 0 saturated carbocycles. The third-order valence-electron chi connectivity index (χ3n) is 4.48. The molecular formula is C20H25N3O2S. The molecule has 1 aromatic heterocycles. The monoisotopic (exact) mass is 371 g/mol. The average molecular weight is 372 g/mol. The van der Waals surface area contributed by atoms with Gasteiger partial charge in [0.2, 0.25) is 11.8 Å². The van der Waals surface area contributed by atoms with Crippen molar-refractivity contribution in [1.29, 1.82) is 0 Å². The van der Waals surface area contributed by atoms with Gasteiger partial charge in [-0.05, 0) is 24.5 Å². The molecule has 0 radical (unpaired) electrons. The number of carbonyl (C=O) groups is 2. The number of benzene rings is 1. The summed E-state index contributed by atoms with van der Waals surface area (Å²) in [7, 11) is 0. The van der Waals surface area contributed by atoms with Crippen LogP contribution in [0.4, 0.5) is 5.69 Å². The highest BCUT2D eigenvalue weighted by molar-refractivity contribution is 7.09. The van der Waals surface area contributed by atoms with Crippen molar-refractivity contribution in [3.05, 3.63) is 45.9 Å². The maximum Gasteiger partial charge on any atom is 0.228 e. The molecule has 2 aromatic rings. The molecule has 1 aliphatic rings. The Morgan fingerprint density at radius 2 is 2.12 bits per heavy atom. The van der Waals surface area contributed by atoms with Crippen molar-refractivity contribution in [1.82, 2.24) is 10.3 Å². The number of para-hydroxylation sites is 1. The maximum atomic E-state index is 12.5. The number of rotatable bonds is 6. The van der Waals surface area contributed by atoms with Crippen LogP contribution >= 0.6 is 11.3 Å². The second-order valence-electron chi connectivity index (χ2n) is 6.89. The van der Waals surface area contributed by atoms with E-state index in [0.29, 0.717) is 18.9 Å². The minimum atomic E-state index is -0.0857. The molecule has 0 saturated heterocycles. The number of hydrogen-bond donors (Lipinski definition) is 1. The number of anilines is 1. The highest BCUT2D eigenvalue weighted by atomic mass is 32.1. The first-order valence-corrected chi connectivity index (χ1v) is 10.0. The van der Waals surface area contributed by atoms with Gasteiger partial charge in [-0.1, -0.05) is 32.0 Å². The quantitative estimate of drug-likeness (QED) is 0.847. The average Bonchev–Trinajstić information content (AvgIpc) is 3.10. The van der Waals surface area contributed by atoms with Crippen LogP contribution in [0, 0.1) is 0 Å². The Balaban J connectivity index is 1.47. The highest BCUT2D eigenvalue weighted by Crippen LogP contribution is 2.27. The Hall–Kier alpha value is -2.21. The zero-order valence-corrected chi connectivity index (χ0v) is 16.1. The molecule has 26 heavy (non-hydrogen) atoms. The Bertz CT molecular complexity index is 785. The molecule has 3 rings (SSSR count). The highest BCUT2D eigenvalue weighted by Gasteiger charge is 2.21. The third-order valence-corrected chi connectivity index (χ3v) is 5.67. The van der Waals surface area contributed by atoms with E-state index in [4.69, 9.17) is 0 Å². The molecule has 5 nitrogen and oxygen atoms in total. The minimum Gasteiger partial charge on any atom is -0.355 e. The predicted molar refractivity (Wildman–Crippen MR) is 105 cm³/mol. The van der Waals surface area contributed by atoms with Crippen LogP contribution in [0.15, 0.2) is 29.6 Å². The van der Waals surface area contributed by atoms with Crippen molar-refractivity contribution < 1.29 is 9.59 Å². The first-order valence-electron chi connectivity index (χ1n) is 9.14. The first-order chi connectivity index (χ1) is 12.5. The number of amides is 2. The van der Waals surface area contributed by atoms with E-state index < -0.39 is 0 Å². The largest absolute Gasteiger partial charge is 0.355 e. The van der Waals surface area contributed by atoms with Crippen molar-refractivity contribution >= 4 is 28.8 Å². The van der Waals surface area contributed by atoms with Crippen molar-refractivity contribution in [2.45, 2.75) is 45.4 Å². The van der Waals surface area contributed by atoms with Gasteiger partial charge in [0.1, 0.15) is 0 Å². The summed E-state index contributed by atoms with van der Waals surface area (Å²) in [5.74, 6) is 0.354. The fourth-order valence-electron chi connectivity index (χ4n) is 3.13. The second-order valence-corrected chi connectivity index (χ2v) is 7.78. The van der Waals surface area contributed by atoms with E-state index in [2.05, 4.69) is 30.2 Å². The van der Waals surface area contributed by atoms with Crippen LogP contribution in [0.25, 0.3) is 0 Å². The summed E-state index contributed by atoms with van der Waals surface area (Å²) in [6.07, 6.45) is 2.58. The smallest absolute Gasteiger partial charge is 0.228 e. The van der Waals surface area contributed by atoms with Crippen LogP contribution in [0.2, 0.25) is 0 Å². The standard InChI is InChI=1S/C20H25N3O2S/c1-14(2)20-22-16(13-26-20)12-18(24)21-10-9-19(25)23-11-5-7-15-6-3-4-8-17(15)23/h3-4,6,8,13-14H,5,7,9-12H2,1-2H3,(H,21,24). The van der Waals surface area contributed by atoms with Gasteiger partial charge in [0.15, 0.2) is 0 Å². The number of aryl methyl sites for hydroxylation is 1. The van der Waals surface area contributed by atoms with Crippen LogP contribution in [0.3, 0.4) is 0 Å². The predicted octanol–water partition coefficient (Wildman–Crippen LogP) is 3.29. The summed E-state index contributed by atoms with van der Waals surface area (Å²) < 4.78 is 0. The molecule has 1 aliphatic heterocycles. The second kappa shape index (κ2) is 8.45. The van der Waals surface area contributed by atoms with Gasteiger partial charge >= 0.3 is 0 Å². The lowest BCUT2D eigenvalue weighted by Gasteiger charge is -2.29. The SMILES string of the molecule is CC(C)c1nc(CC(=O)NCCC(=O)N2CCCc3ccccc32)cs1. The van der Waals surface area contributed by atoms with Gasteiger partial charge in [0.05, 0.1) is 17.1 Å². The Morgan fingerprint density at radius 1 is 1.31 bits per heavy atom. The normalized spacial score (nSPS) is 13.6. The molecule has 0 spiro atoms. The molecule has 2 amide bonds. The van der Waals surface area contributed by atoms with Crippen molar-refractivity contribution in [2.75, 3.05) is 18.0 Å². The lowest BCUT2D eigenvalue weighted by molar-refractivity contribution is -0.121. The molecule has 6 heteroatoms. The number of nitrogens with zero attached hydrogens (tertiary/aromatic N) is 2. The molecule has 0 aliphatic carbocycles. The molecule has 1 aromatic carbocycles. The summed E-state index contributed by atoms with van der Waals surface area (Å²) in [4.78, 5) is 30.9. The zero-order chi connectivity index (χ0) is 18.5. The summed E-state index contributed by atoms with van der Waals surface area (Å²) in [6.45, 7) is 5.29. The summed E-state index contributed by atoms with van der Waals surface area (Å²) in [5, 5.41) is 5.82. The van der Waals surface area contributed by atoms with Crippen LogP contribution in [-0.4, -0.2) is 29.9 Å². The van der Waals surface area contributed by atoms with E-state index in [-0.39, 0.29) is 18.2 Å². The van der Waals surface area contributed by atoms with Crippen molar-refractivity contribution in [3.8, 4) is 0 Å². The van der Waals surface area contributed by atoms with E-state index in [1.54, 1.807) is 11.3 Å². The van der Waals surface area contributed by atoms with E-state index >= 15 is 0 Å². The first kappa shape index (κ1) is 18.6. The Kier molecular flexibility index (Phi) is 6.04. The topological polar surface area (TPSA) is 62.3 Å². The number of carbonyl (C=O) groups excluding carboxylic acids is 2. The minimum absolute atomic E-state index is 0.0632. The fourth-order valence-corrected chi connectivity index (χ4v) is 3.97. The molecular weight excluding hydrogens is 346 g/mol. The van der Waals surface area contributed by atoms with Crippen molar-refractivity contribution in [2.24, 2.45) is 0 Å². The van der Waals surface area contributed by atoms with Crippen molar-refractivity contribution in [3.63, 3.8) is 0 Å². The molecule has 138 valence electrons. The van der Waals surface area contributed by atoms with Gasteiger partial charge < -0.3 is 10.2 Å². The van der Waals surface area contributed by atoms with Crippen LogP contribution in [-0.2, 0) is 22.4 Å². The molecule has 0 fully saturated rings. The van der Waals surface area contributed by atoms with Crippen LogP contribution in [0.5, 0.6) is 0 Å². The Morgan fingerprint density at radius 3 is 2.88 bits per heavy atom. The van der Waals surface area contributed by atoms with Crippen LogP contribution in [0.1, 0.15) is 48.9 Å². The van der Waals surface area contributed by atoms with Gasteiger partial charge in [-0.25, -0.2) is 4.98 Å². The number of thiazole rings is 1. The number of hydrogen-bond acceptors (Lipinski definition) is 4. The molecule has 2 heterocycles. The van der Waals surface area contributed by atoms with Gasteiger partial charge in [-0.15, -0.1) is 11.3 Å². The van der Waals surface area contributed by atoms with E-state index in [1.165, 1.54) is 5.56 Å². The summed E-state index contributed by atoms with van der Waals surface area (Å²) in [6, 6.07) is 8.05.